The van der Waals surface area contributed by atoms with Crippen LogP contribution in [0.25, 0.3) is 5.69 Å². The topological polar surface area (TPSA) is 63.1 Å². The van der Waals surface area contributed by atoms with Crippen LogP contribution in [0.4, 0.5) is 11.4 Å². The second kappa shape index (κ2) is 7.50. The molecule has 3 rings (SSSR count). The number of benzene rings is 2. The third-order valence-electron chi connectivity index (χ3n) is 4.07. The molecule has 2 aromatic carbocycles. The quantitative estimate of drug-likeness (QED) is 0.707. The van der Waals surface area contributed by atoms with Gasteiger partial charge >= 0.3 is 0 Å². The minimum atomic E-state index is -0.488. The molecule has 5 heteroatoms. The summed E-state index contributed by atoms with van der Waals surface area (Å²) in [5.41, 5.74) is 2.26. The van der Waals surface area contributed by atoms with E-state index in [-0.39, 0.29) is 11.8 Å². The molecule has 0 saturated carbocycles. The Balaban J connectivity index is 1.74. The molecule has 3 aromatic rings. The molecule has 2 N–H and O–H groups in total. The van der Waals surface area contributed by atoms with Crippen molar-refractivity contribution in [2.45, 2.75) is 20.8 Å². The number of hydrogen-bond donors (Lipinski definition) is 2. The summed E-state index contributed by atoms with van der Waals surface area (Å²) in [4.78, 5) is 24.8. The van der Waals surface area contributed by atoms with Gasteiger partial charge in [0.25, 0.3) is 5.91 Å². The first-order chi connectivity index (χ1) is 12.8. The average Bonchev–Trinajstić information content (AvgIpc) is 3.16. The van der Waals surface area contributed by atoms with Crippen molar-refractivity contribution < 1.29 is 9.59 Å². The highest BCUT2D eigenvalue weighted by Gasteiger charge is 2.21. The van der Waals surface area contributed by atoms with Crippen molar-refractivity contribution in [1.82, 2.24) is 4.57 Å². The van der Waals surface area contributed by atoms with Gasteiger partial charge in [-0.1, -0.05) is 32.9 Å². The van der Waals surface area contributed by atoms with Crippen LogP contribution in [0.2, 0.25) is 0 Å². The fourth-order valence-corrected chi connectivity index (χ4v) is 2.51. The standard InChI is InChI=1S/C22H23N3O2/c1-22(2,3)21(27)24-18-10-7-9-17(15-18)23-20(26)16-8-6-11-19(14-16)25-12-4-5-13-25/h4-15H,1-3H3,(H,23,26)(H,24,27). The molecule has 0 radical (unpaired) electrons. The first-order valence-corrected chi connectivity index (χ1v) is 8.79. The highest BCUT2D eigenvalue weighted by Crippen LogP contribution is 2.21. The van der Waals surface area contributed by atoms with E-state index in [1.807, 2.05) is 68.1 Å². The molecule has 1 heterocycles. The normalized spacial score (nSPS) is 11.1. The van der Waals surface area contributed by atoms with Crippen LogP contribution in [0.3, 0.4) is 0 Å². The van der Waals surface area contributed by atoms with Gasteiger partial charge in [0.05, 0.1) is 0 Å². The predicted octanol–water partition coefficient (Wildman–Crippen LogP) is 4.71. The summed E-state index contributed by atoms with van der Waals surface area (Å²) < 4.78 is 1.94. The lowest BCUT2D eigenvalue weighted by atomic mass is 9.95. The Morgan fingerprint density at radius 3 is 2.11 bits per heavy atom. The zero-order valence-corrected chi connectivity index (χ0v) is 15.7. The van der Waals surface area contributed by atoms with Crippen LogP contribution in [0, 0.1) is 5.41 Å². The molecule has 5 nitrogen and oxygen atoms in total. The second-order valence-corrected chi connectivity index (χ2v) is 7.38. The highest BCUT2D eigenvalue weighted by molar-refractivity contribution is 6.05. The van der Waals surface area contributed by atoms with Crippen LogP contribution in [-0.2, 0) is 4.79 Å². The Morgan fingerprint density at radius 2 is 1.44 bits per heavy atom. The van der Waals surface area contributed by atoms with Gasteiger partial charge in [-0.25, -0.2) is 0 Å². The fraction of sp³-hybridized carbons (Fsp3) is 0.182. The van der Waals surface area contributed by atoms with Gasteiger partial charge in [-0.05, 0) is 48.5 Å². The van der Waals surface area contributed by atoms with E-state index in [0.717, 1.165) is 5.69 Å². The summed E-state index contributed by atoms with van der Waals surface area (Å²) in [6.45, 7) is 5.56. The van der Waals surface area contributed by atoms with Crippen molar-refractivity contribution in [1.29, 1.82) is 0 Å². The Bertz CT molecular complexity index is 954. The maximum absolute atomic E-state index is 12.6. The van der Waals surface area contributed by atoms with E-state index in [4.69, 9.17) is 0 Å². The van der Waals surface area contributed by atoms with E-state index >= 15 is 0 Å². The smallest absolute Gasteiger partial charge is 0.255 e. The maximum Gasteiger partial charge on any atom is 0.255 e. The van der Waals surface area contributed by atoms with Gasteiger partial charge in [0, 0.05) is 40.4 Å². The van der Waals surface area contributed by atoms with Gasteiger partial charge in [-0.3, -0.25) is 9.59 Å². The van der Waals surface area contributed by atoms with Gasteiger partial charge in [0.15, 0.2) is 0 Å². The minimum Gasteiger partial charge on any atom is -0.326 e. The molecule has 0 saturated heterocycles. The molecule has 27 heavy (non-hydrogen) atoms. The van der Waals surface area contributed by atoms with E-state index in [1.54, 1.807) is 30.3 Å². The fourth-order valence-electron chi connectivity index (χ4n) is 2.51. The van der Waals surface area contributed by atoms with Crippen molar-refractivity contribution in [3.05, 3.63) is 78.6 Å². The highest BCUT2D eigenvalue weighted by atomic mass is 16.2. The lowest BCUT2D eigenvalue weighted by Gasteiger charge is -2.18. The number of carbonyl (C=O) groups is 2. The van der Waals surface area contributed by atoms with Gasteiger partial charge in [0.2, 0.25) is 5.91 Å². The Labute approximate surface area is 159 Å². The number of hydrogen-bond acceptors (Lipinski definition) is 2. The Hall–Kier alpha value is -3.34. The lowest BCUT2D eigenvalue weighted by molar-refractivity contribution is -0.123. The lowest BCUT2D eigenvalue weighted by Crippen LogP contribution is -2.27. The molecule has 0 spiro atoms. The molecular formula is C22H23N3O2. The molecule has 138 valence electrons. The molecular weight excluding hydrogens is 338 g/mol. The molecule has 0 aliphatic rings. The first kappa shape index (κ1) is 18.5. The van der Waals surface area contributed by atoms with Crippen LogP contribution in [0.5, 0.6) is 0 Å². The zero-order valence-electron chi connectivity index (χ0n) is 15.7. The van der Waals surface area contributed by atoms with Crippen LogP contribution >= 0.6 is 0 Å². The number of carbonyl (C=O) groups excluding carboxylic acids is 2. The van der Waals surface area contributed by atoms with Crippen LogP contribution in [-0.4, -0.2) is 16.4 Å². The van der Waals surface area contributed by atoms with Gasteiger partial charge in [0.1, 0.15) is 0 Å². The summed E-state index contributed by atoms with van der Waals surface area (Å²) in [7, 11) is 0. The predicted molar refractivity (Wildman–Crippen MR) is 108 cm³/mol. The van der Waals surface area contributed by atoms with Crippen molar-refractivity contribution in [2.75, 3.05) is 10.6 Å². The molecule has 0 bridgehead atoms. The summed E-state index contributed by atoms with van der Waals surface area (Å²) in [6, 6.07) is 18.4. The zero-order chi connectivity index (χ0) is 19.4. The third kappa shape index (κ3) is 4.64. The monoisotopic (exact) mass is 361 g/mol. The summed E-state index contributed by atoms with van der Waals surface area (Å²) in [6.07, 6.45) is 3.86. The van der Waals surface area contributed by atoms with E-state index in [1.165, 1.54) is 0 Å². The van der Waals surface area contributed by atoms with E-state index in [9.17, 15) is 9.59 Å². The van der Waals surface area contributed by atoms with Gasteiger partial charge in [-0.15, -0.1) is 0 Å². The second-order valence-electron chi connectivity index (χ2n) is 7.38. The first-order valence-electron chi connectivity index (χ1n) is 8.79. The SMILES string of the molecule is CC(C)(C)C(=O)Nc1cccc(NC(=O)c2cccc(-n3cccc3)c2)c1. The molecule has 0 fully saturated rings. The molecule has 1 aromatic heterocycles. The molecule has 0 unspecified atom stereocenters. The van der Waals surface area contributed by atoms with E-state index in [0.29, 0.717) is 16.9 Å². The number of aromatic nitrogens is 1. The number of anilines is 2. The Kier molecular flexibility index (Phi) is 5.12. The van der Waals surface area contributed by atoms with Crippen LogP contribution in [0.1, 0.15) is 31.1 Å². The van der Waals surface area contributed by atoms with E-state index < -0.39 is 5.41 Å². The van der Waals surface area contributed by atoms with Gasteiger partial charge in [-0.2, -0.15) is 0 Å². The summed E-state index contributed by atoms with van der Waals surface area (Å²) in [5, 5.41) is 5.75. The largest absolute Gasteiger partial charge is 0.326 e. The summed E-state index contributed by atoms with van der Waals surface area (Å²) >= 11 is 0. The Morgan fingerprint density at radius 1 is 0.815 bits per heavy atom. The third-order valence-corrected chi connectivity index (χ3v) is 4.07. The molecule has 0 aliphatic heterocycles. The van der Waals surface area contributed by atoms with Crippen molar-refractivity contribution in [2.24, 2.45) is 5.41 Å². The van der Waals surface area contributed by atoms with Crippen molar-refractivity contribution in [3.63, 3.8) is 0 Å². The van der Waals surface area contributed by atoms with Crippen LogP contribution in [0.15, 0.2) is 73.1 Å². The maximum atomic E-state index is 12.6. The van der Waals surface area contributed by atoms with Crippen molar-refractivity contribution in [3.8, 4) is 5.69 Å². The summed E-state index contributed by atoms with van der Waals surface area (Å²) in [5.74, 6) is -0.284. The minimum absolute atomic E-state index is 0.0783. The van der Waals surface area contributed by atoms with Crippen LogP contribution < -0.4 is 10.6 Å². The molecule has 2 amide bonds. The average molecular weight is 361 g/mol. The number of rotatable bonds is 4. The number of amides is 2. The molecule has 0 atom stereocenters. The number of nitrogens with one attached hydrogen (secondary N) is 2. The van der Waals surface area contributed by atoms with Crippen molar-refractivity contribution >= 4 is 23.2 Å². The van der Waals surface area contributed by atoms with Gasteiger partial charge < -0.3 is 15.2 Å². The number of nitrogens with zero attached hydrogens (tertiary/aromatic N) is 1. The molecule has 0 aliphatic carbocycles. The van der Waals surface area contributed by atoms with E-state index in [2.05, 4.69) is 10.6 Å².